The van der Waals surface area contributed by atoms with Gasteiger partial charge in [0, 0.05) is 0 Å². The maximum Gasteiger partial charge on any atom is 0.237 e. The molecular formula is C19H22N2O6P-3. The number of nitrogens with one attached hydrogen (secondary N) is 2. The Balaban J connectivity index is 2.22. The Morgan fingerprint density at radius 2 is 1.68 bits per heavy atom. The van der Waals surface area contributed by atoms with E-state index in [0.29, 0.717) is 5.56 Å². The number of benzene rings is 2. The van der Waals surface area contributed by atoms with Crippen molar-refractivity contribution in [2.24, 2.45) is 5.92 Å². The van der Waals surface area contributed by atoms with Gasteiger partial charge in [0.15, 0.2) is 0 Å². The maximum absolute atomic E-state index is 12.5. The summed E-state index contributed by atoms with van der Waals surface area (Å²) in [5.41, 5.74) is 0.694. The highest BCUT2D eigenvalue weighted by Gasteiger charge is 2.24. The third kappa shape index (κ3) is 6.42. The molecular weight excluding hydrogens is 383 g/mol. The summed E-state index contributed by atoms with van der Waals surface area (Å²) in [6, 6.07) is 10.1. The number of amides is 1. The zero-order valence-corrected chi connectivity index (χ0v) is 16.5. The van der Waals surface area contributed by atoms with E-state index in [1.165, 1.54) is 0 Å². The van der Waals surface area contributed by atoms with Gasteiger partial charge >= 0.3 is 0 Å². The summed E-state index contributed by atoms with van der Waals surface area (Å²) in [5.74, 6) is -2.48. The number of carbonyl (C=O) groups excluding carboxylic acids is 2. The van der Waals surface area contributed by atoms with Gasteiger partial charge in [0.05, 0.1) is 18.1 Å². The third-order valence-electron chi connectivity index (χ3n) is 4.24. The van der Waals surface area contributed by atoms with Crippen LogP contribution in [0.1, 0.15) is 25.8 Å². The van der Waals surface area contributed by atoms with Crippen molar-refractivity contribution in [1.82, 2.24) is 10.4 Å². The van der Waals surface area contributed by atoms with Gasteiger partial charge in [-0.3, -0.25) is 9.88 Å². The van der Waals surface area contributed by atoms with Crippen LogP contribution in [0.15, 0.2) is 42.5 Å². The lowest BCUT2D eigenvalue weighted by Crippen LogP contribution is -2.55. The molecule has 0 aliphatic carbocycles. The fourth-order valence-electron chi connectivity index (χ4n) is 3.04. The van der Waals surface area contributed by atoms with Gasteiger partial charge in [0.1, 0.15) is 0 Å². The minimum atomic E-state index is -5.17. The van der Waals surface area contributed by atoms with E-state index in [1.54, 1.807) is 31.1 Å². The first-order chi connectivity index (χ1) is 13.1. The fraction of sp³-hybridized carbons (Fsp3) is 0.368. The molecule has 0 saturated heterocycles. The number of hydrogen-bond donors (Lipinski definition) is 2. The van der Waals surface area contributed by atoms with Crippen molar-refractivity contribution in [3.05, 3.63) is 48.0 Å². The van der Waals surface area contributed by atoms with Crippen LogP contribution in [0.4, 0.5) is 0 Å². The molecule has 8 nitrogen and oxygen atoms in total. The highest BCUT2D eigenvalue weighted by atomic mass is 31.2. The Labute approximate surface area is 163 Å². The molecule has 0 aliphatic heterocycles. The number of hydrogen-bond acceptors (Lipinski definition) is 6. The van der Waals surface area contributed by atoms with Gasteiger partial charge in [-0.1, -0.05) is 56.3 Å². The zero-order valence-electron chi connectivity index (χ0n) is 15.6. The van der Waals surface area contributed by atoms with Crippen LogP contribution in [0.5, 0.6) is 0 Å². The molecule has 0 aromatic heterocycles. The highest BCUT2D eigenvalue weighted by Crippen LogP contribution is 2.22. The van der Waals surface area contributed by atoms with Crippen molar-refractivity contribution in [3.63, 3.8) is 0 Å². The summed E-state index contributed by atoms with van der Waals surface area (Å²) in [5, 5.41) is 17.4. The first kappa shape index (κ1) is 22.0. The van der Waals surface area contributed by atoms with Gasteiger partial charge in [0.25, 0.3) is 0 Å². The van der Waals surface area contributed by atoms with E-state index in [1.807, 2.05) is 30.3 Å². The normalized spacial score (nSPS) is 14.0. The van der Waals surface area contributed by atoms with Crippen molar-refractivity contribution in [2.45, 2.75) is 38.8 Å². The molecule has 9 heteroatoms. The molecule has 0 spiro atoms. The van der Waals surface area contributed by atoms with Crippen LogP contribution in [0.3, 0.4) is 0 Å². The van der Waals surface area contributed by atoms with Gasteiger partial charge in [-0.15, -0.1) is 0 Å². The molecule has 0 unspecified atom stereocenters. The number of carbonyl (C=O) groups is 2. The summed E-state index contributed by atoms with van der Waals surface area (Å²) in [4.78, 5) is 46.1. The summed E-state index contributed by atoms with van der Waals surface area (Å²) in [6.45, 7) is 3.49. The molecule has 0 fully saturated rings. The molecule has 0 saturated carbocycles. The predicted octanol–water partition coefficient (Wildman–Crippen LogP) is -0.550. The van der Waals surface area contributed by atoms with E-state index in [9.17, 15) is 29.0 Å². The second kappa shape index (κ2) is 9.30. The number of fused-ring (bicyclic) bond motifs is 1. The molecule has 0 radical (unpaired) electrons. The third-order valence-corrected chi connectivity index (χ3v) is 4.87. The Morgan fingerprint density at radius 1 is 1.04 bits per heavy atom. The van der Waals surface area contributed by atoms with E-state index in [4.69, 9.17) is 0 Å². The van der Waals surface area contributed by atoms with Crippen LogP contribution >= 0.6 is 7.75 Å². The SMILES string of the molecule is CC(C)C[C@H](NP(=O)([O-])[O-])C(=O)N[C@@H](Cc1cccc2ccccc12)C(=O)[O-]. The van der Waals surface area contributed by atoms with Gasteiger partial charge in [-0.2, -0.15) is 0 Å². The van der Waals surface area contributed by atoms with E-state index < -0.39 is 31.7 Å². The number of rotatable bonds is 9. The lowest BCUT2D eigenvalue weighted by atomic mass is 9.98. The van der Waals surface area contributed by atoms with Crippen LogP contribution in [-0.2, 0) is 20.6 Å². The maximum atomic E-state index is 12.5. The van der Waals surface area contributed by atoms with E-state index >= 15 is 0 Å². The molecule has 1 amide bonds. The quantitative estimate of drug-likeness (QED) is 0.533. The van der Waals surface area contributed by atoms with Crippen LogP contribution in [0, 0.1) is 5.92 Å². The average molecular weight is 405 g/mol. The summed E-state index contributed by atoms with van der Waals surface area (Å²) < 4.78 is 11.0. The number of carboxylic acid groups (broad SMARTS) is 1. The minimum absolute atomic E-state index is 0.0454. The largest absolute Gasteiger partial charge is 0.799 e. The topological polar surface area (TPSA) is 144 Å². The van der Waals surface area contributed by atoms with Crippen molar-refractivity contribution < 1.29 is 29.0 Å². The van der Waals surface area contributed by atoms with Crippen molar-refractivity contribution in [3.8, 4) is 0 Å². The second-order valence-electron chi connectivity index (χ2n) is 7.03. The Bertz CT molecular complexity index is 890. The summed E-state index contributed by atoms with van der Waals surface area (Å²) in [7, 11) is -5.17. The van der Waals surface area contributed by atoms with E-state index in [-0.39, 0.29) is 18.8 Å². The van der Waals surface area contributed by atoms with Crippen LogP contribution in [0.2, 0.25) is 0 Å². The number of aliphatic carboxylic acids is 1. The fourth-order valence-corrected chi connectivity index (χ4v) is 3.64. The summed E-state index contributed by atoms with van der Waals surface area (Å²) >= 11 is 0. The monoisotopic (exact) mass is 405 g/mol. The lowest BCUT2D eigenvalue weighted by Gasteiger charge is -2.35. The molecule has 2 aromatic rings. The minimum Gasteiger partial charge on any atom is -0.799 e. The number of carboxylic acids is 1. The van der Waals surface area contributed by atoms with Gasteiger partial charge in [-0.25, -0.2) is 0 Å². The first-order valence-electron chi connectivity index (χ1n) is 8.84. The molecule has 0 bridgehead atoms. The highest BCUT2D eigenvalue weighted by molar-refractivity contribution is 7.46. The van der Waals surface area contributed by atoms with Crippen LogP contribution < -0.4 is 25.3 Å². The smallest absolute Gasteiger partial charge is 0.237 e. The van der Waals surface area contributed by atoms with E-state index in [2.05, 4.69) is 5.32 Å². The molecule has 2 atom stereocenters. The Hall–Kier alpha value is -2.25. The molecule has 0 heterocycles. The average Bonchev–Trinajstić information content (AvgIpc) is 2.59. The molecule has 2 rings (SSSR count). The van der Waals surface area contributed by atoms with Crippen molar-refractivity contribution in [1.29, 1.82) is 0 Å². The summed E-state index contributed by atoms with van der Waals surface area (Å²) in [6.07, 6.45) is 0.00454. The lowest BCUT2D eigenvalue weighted by molar-refractivity contribution is -0.318. The predicted molar refractivity (Wildman–Crippen MR) is 98.6 cm³/mol. The molecule has 2 N–H and O–H groups in total. The molecule has 2 aromatic carbocycles. The van der Waals surface area contributed by atoms with Gasteiger partial charge in [0.2, 0.25) is 5.91 Å². The van der Waals surface area contributed by atoms with Gasteiger partial charge in [-0.05, 0) is 42.8 Å². The van der Waals surface area contributed by atoms with E-state index in [0.717, 1.165) is 10.8 Å². The first-order valence-corrected chi connectivity index (χ1v) is 10.4. The van der Waals surface area contributed by atoms with Crippen molar-refractivity contribution in [2.75, 3.05) is 0 Å². The standard InChI is InChI=1S/C19H25N2O6P/c1-12(2)10-16(21-28(25,26)27)18(22)20-17(19(23)24)11-14-8-5-7-13-6-3-4-9-15(13)14/h3-9,12,16-17H,10-11H2,1-2H3,(H,20,22)(H,23,24)(H3,21,25,26,27)/p-3/t16-,17-/m0/s1. The Kier molecular flexibility index (Phi) is 7.32. The van der Waals surface area contributed by atoms with Crippen molar-refractivity contribution >= 4 is 30.4 Å². The Morgan fingerprint density at radius 3 is 2.29 bits per heavy atom. The second-order valence-corrected chi connectivity index (χ2v) is 8.28. The zero-order chi connectivity index (χ0) is 20.9. The van der Waals surface area contributed by atoms with Crippen LogP contribution in [0.25, 0.3) is 10.8 Å². The molecule has 152 valence electrons. The van der Waals surface area contributed by atoms with Crippen LogP contribution in [-0.4, -0.2) is 24.0 Å². The molecule has 28 heavy (non-hydrogen) atoms. The van der Waals surface area contributed by atoms with Gasteiger partial charge < -0.3 is 29.6 Å². The molecule has 0 aliphatic rings.